The summed E-state index contributed by atoms with van der Waals surface area (Å²) in [6.07, 6.45) is 0.973. The largest absolute Gasteiger partial charge is 0.399 e. The highest BCUT2D eigenvalue weighted by Crippen LogP contribution is 2.15. The van der Waals surface area contributed by atoms with Gasteiger partial charge in [-0.05, 0) is 38.0 Å². The van der Waals surface area contributed by atoms with Gasteiger partial charge in [-0.25, -0.2) is 0 Å². The number of nitrogens with two attached hydrogens (primary N) is 1. The molecule has 88 valence electrons. The first-order valence-electron chi connectivity index (χ1n) is 5.75. The second-order valence-corrected chi connectivity index (χ2v) is 3.96. The Balaban J connectivity index is 2.98. The molecule has 3 nitrogen and oxygen atoms in total. The van der Waals surface area contributed by atoms with Crippen molar-refractivity contribution in [2.75, 3.05) is 18.8 Å². The second kappa shape index (κ2) is 5.54. The Morgan fingerprint density at radius 1 is 1.38 bits per heavy atom. The van der Waals surface area contributed by atoms with E-state index < -0.39 is 0 Å². The van der Waals surface area contributed by atoms with Crippen LogP contribution in [-0.2, 0) is 0 Å². The van der Waals surface area contributed by atoms with Crippen molar-refractivity contribution in [3.05, 3.63) is 29.3 Å². The van der Waals surface area contributed by atoms with Crippen LogP contribution >= 0.6 is 0 Å². The van der Waals surface area contributed by atoms with Crippen LogP contribution in [0.5, 0.6) is 0 Å². The van der Waals surface area contributed by atoms with Crippen molar-refractivity contribution >= 4 is 11.6 Å². The summed E-state index contributed by atoms with van der Waals surface area (Å²) in [6.45, 7) is 7.54. The van der Waals surface area contributed by atoms with Gasteiger partial charge in [-0.3, -0.25) is 4.79 Å². The average Bonchev–Trinajstić information content (AvgIpc) is 2.28. The Morgan fingerprint density at radius 2 is 2.06 bits per heavy atom. The number of anilines is 1. The first-order valence-corrected chi connectivity index (χ1v) is 5.75. The number of benzene rings is 1. The first-order chi connectivity index (χ1) is 7.60. The molecule has 0 bridgehead atoms. The fraction of sp³-hybridized carbons (Fsp3) is 0.462. The molecule has 1 rings (SSSR count). The molecule has 0 unspecified atom stereocenters. The molecule has 0 saturated carbocycles. The van der Waals surface area contributed by atoms with E-state index in [0.29, 0.717) is 5.69 Å². The summed E-state index contributed by atoms with van der Waals surface area (Å²) < 4.78 is 0. The Bertz CT molecular complexity index is 374. The van der Waals surface area contributed by atoms with Gasteiger partial charge in [-0.1, -0.05) is 13.0 Å². The van der Waals surface area contributed by atoms with E-state index in [9.17, 15) is 4.79 Å². The molecule has 16 heavy (non-hydrogen) atoms. The van der Waals surface area contributed by atoms with Crippen LogP contribution in [-0.4, -0.2) is 23.9 Å². The molecule has 0 heterocycles. The molecule has 3 heteroatoms. The lowest BCUT2D eigenvalue weighted by Crippen LogP contribution is -2.32. The Kier molecular flexibility index (Phi) is 4.35. The van der Waals surface area contributed by atoms with Gasteiger partial charge >= 0.3 is 0 Å². The topological polar surface area (TPSA) is 46.3 Å². The highest BCUT2D eigenvalue weighted by molar-refractivity contribution is 5.96. The molecule has 0 spiro atoms. The zero-order valence-electron chi connectivity index (χ0n) is 10.3. The maximum Gasteiger partial charge on any atom is 0.254 e. The van der Waals surface area contributed by atoms with E-state index in [-0.39, 0.29) is 5.91 Å². The third-order valence-corrected chi connectivity index (χ3v) is 2.65. The van der Waals surface area contributed by atoms with Gasteiger partial charge in [0.15, 0.2) is 0 Å². The maximum atomic E-state index is 12.2. The summed E-state index contributed by atoms with van der Waals surface area (Å²) in [5, 5.41) is 0. The second-order valence-electron chi connectivity index (χ2n) is 3.96. The highest BCUT2D eigenvalue weighted by atomic mass is 16.2. The van der Waals surface area contributed by atoms with Crippen molar-refractivity contribution < 1.29 is 4.79 Å². The number of hydrogen-bond donors (Lipinski definition) is 1. The zero-order valence-corrected chi connectivity index (χ0v) is 10.3. The average molecular weight is 220 g/mol. The van der Waals surface area contributed by atoms with E-state index in [1.807, 2.05) is 30.9 Å². The molecule has 1 aromatic rings. The summed E-state index contributed by atoms with van der Waals surface area (Å²) in [5.41, 5.74) is 8.05. The molecule has 0 aliphatic rings. The Morgan fingerprint density at radius 3 is 2.62 bits per heavy atom. The number of nitrogens with zero attached hydrogens (tertiary/aromatic N) is 1. The summed E-state index contributed by atoms with van der Waals surface area (Å²) >= 11 is 0. The Hall–Kier alpha value is -1.51. The monoisotopic (exact) mass is 220 g/mol. The molecular weight excluding hydrogens is 200 g/mol. The van der Waals surface area contributed by atoms with E-state index in [4.69, 9.17) is 5.73 Å². The van der Waals surface area contributed by atoms with E-state index >= 15 is 0 Å². The molecule has 0 aromatic heterocycles. The molecule has 1 aromatic carbocycles. The summed E-state index contributed by atoms with van der Waals surface area (Å²) in [6, 6.07) is 5.47. The highest BCUT2D eigenvalue weighted by Gasteiger charge is 2.15. The minimum absolute atomic E-state index is 0.0779. The number of amides is 1. The smallest absolute Gasteiger partial charge is 0.254 e. The molecular formula is C13H20N2O. The SMILES string of the molecule is CCCN(CC)C(=O)c1cc(N)ccc1C. The van der Waals surface area contributed by atoms with Gasteiger partial charge in [-0.2, -0.15) is 0 Å². The van der Waals surface area contributed by atoms with Crippen molar-refractivity contribution in [3.8, 4) is 0 Å². The quantitative estimate of drug-likeness (QED) is 0.792. The van der Waals surface area contributed by atoms with E-state index in [1.165, 1.54) is 0 Å². The summed E-state index contributed by atoms with van der Waals surface area (Å²) in [4.78, 5) is 14.1. The molecule has 0 fully saturated rings. The lowest BCUT2D eigenvalue weighted by molar-refractivity contribution is 0.0764. The molecule has 0 aliphatic carbocycles. The molecule has 0 aliphatic heterocycles. The van der Waals surface area contributed by atoms with Crippen molar-refractivity contribution in [2.45, 2.75) is 27.2 Å². The fourth-order valence-electron chi connectivity index (χ4n) is 1.71. The van der Waals surface area contributed by atoms with E-state index in [1.54, 1.807) is 6.07 Å². The van der Waals surface area contributed by atoms with E-state index in [0.717, 1.165) is 30.6 Å². The van der Waals surface area contributed by atoms with Crippen LogP contribution in [0.15, 0.2) is 18.2 Å². The third kappa shape index (κ3) is 2.75. The fourth-order valence-corrected chi connectivity index (χ4v) is 1.71. The van der Waals surface area contributed by atoms with Crippen LogP contribution in [0.3, 0.4) is 0 Å². The minimum Gasteiger partial charge on any atom is -0.399 e. The normalized spacial score (nSPS) is 10.2. The van der Waals surface area contributed by atoms with Crippen LogP contribution in [0.25, 0.3) is 0 Å². The first kappa shape index (κ1) is 12.6. The van der Waals surface area contributed by atoms with Gasteiger partial charge < -0.3 is 10.6 Å². The summed E-state index contributed by atoms with van der Waals surface area (Å²) in [5.74, 6) is 0.0779. The molecule has 0 radical (unpaired) electrons. The van der Waals surface area contributed by atoms with Gasteiger partial charge in [0.1, 0.15) is 0 Å². The Labute approximate surface area is 97.2 Å². The predicted octanol–water partition coefficient (Wildman–Crippen LogP) is 2.45. The van der Waals surface area contributed by atoms with Gasteiger partial charge in [0.2, 0.25) is 0 Å². The van der Waals surface area contributed by atoms with Crippen molar-refractivity contribution in [1.82, 2.24) is 4.90 Å². The number of rotatable bonds is 4. The van der Waals surface area contributed by atoms with Crippen molar-refractivity contribution in [1.29, 1.82) is 0 Å². The summed E-state index contributed by atoms with van der Waals surface area (Å²) in [7, 11) is 0. The van der Waals surface area contributed by atoms with Crippen LogP contribution in [0.4, 0.5) is 5.69 Å². The molecule has 2 N–H and O–H groups in total. The lowest BCUT2D eigenvalue weighted by atomic mass is 10.1. The van der Waals surface area contributed by atoms with Gasteiger partial charge in [0.05, 0.1) is 0 Å². The van der Waals surface area contributed by atoms with E-state index in [2.05, 4.69) is 6.92 Å². The number of aryl methyl sites for hydroxylation is 1. The van der Waals surface area contributed by atoms with Crippen LogP contribution in [0, 0.1) is 6.92 Å². The standard InChI is InChI=1S/C13H20N2O/c1-4-8-15(5-2)13(16)12-9-11(14)7-6-10(12)3/h6-7,9H,4-5,8,14H2,1-3H3. The van der Waals surface area contributed by atoms with Gasteiger partial charge in [0, 0.05) is 24.3 Å². The molecule has 0 atom stereocenters. The number of carbonyl (C=O) groups is 1. The number of nitrogen functional groups attached to an aromatic ring is 1. The zero-order chi connectivity index (χ0) is 12.1. The van der Waals surface area contributed by atoms with Gasteiger partial charge in [-0.15, -0.1) is 0 Å². The van der Waals surface area contributed by atoms with Crippen molar-refractivity contribution in [2.24, 2.45) is 0 Å². The molecule has 1 amide bonds. The van der Waals surface area contributed by atoms with Crippen LogP contribution < -0.4 is 5.73 Å². The van der Waals surface area contributed by atoms with Gasteiger partial charge in [0.25, 0.3) is 5.91 Å². The molecule has 0 saturated heterocycles. The lowest BCUT2D eigenvalue weighted by Gasteiger charge is -2.21. The predicted molar refractivity (Wildman–Crippen MR) is 67.5 cm³/mol. The maximum absolute atomic E-state index is 12.2. The third-order valence-electron chi connectivity index (χ3n) is 2.65. The van der Waals surface area contributed by atoms with Crippen LogP contribution in [0.2, 0.25) is 0 Å². The minimum atomic E-state index is 0.0779. The van der Waals surface area contributed by atoms with Crippen molar-refractivity contribution in [3.63, 3.8) is 0 Å². The number of hydrogen-bond acceptors (Lipinski definition) is 2. The number of carbonyl (C=O) groups excluding carboxylic acids is 1. The van der Waals surface area contributed by atoms with Crippen LogP contribution in [0.1, 0.15) is 36.2 Å².